The molecule has 0 aromatic carbocycles. The highest BCUT2D eigenvalue weighted by Gasteiger charge is 2.01. The van der Waals surface area contributed by atoms with Crippen LogP contribution in [0.25, 0.3) is 0 Å². The van der Waals surface area contributed by atoms with Crippen LogP contribution in [0.15, 0.2) is 6.33 Å². The third-order valence-electron chi connectivity index (χ3n) is 2.16. The monoisotopic (exact) mass is 181 g/mol. The number of hydrogen-bond acceptors (Lipinski definition) is 2. The zero-order valence-corrected chi connectivity index (χ0v) is 8.66. The molecule has 0 aliphatic carbocycles. The van der Waals surface area contributed by atoms with Crippen LogP contribution in [0.2, 0.25) is 0 Å². The highest BCUT2D eigenvalue weighted by atomic mass is 15.3. The summed E-state index contributed by atoms with van der Waals surface area (Å²) in [5, 5.41) is 8.05. The number of aryl methyl sites for hydroxylation is 2. The van der Waals surface area contributed by atoms with Gasteiger partial charge in [-0.05, 0) is 12.8 Å². The van der Waals surface area contributed by atoms with E-state index in [0.717, 1.165) is 25.2 Å². The summed E-state index contributed by atoms with van der Waals surface area (Å²) in [4.78, 5) is 0. The van der Waals surface area contributed by atoms with Gasteiger partial charge < -0.3 is 4.57 Å². The molecule has 0 amide bonds. The van der Waals surface area contributed by atoms with Crippen molar-refractivity contribution in [2.45, 2.75) is 52.5 Å². The number of rotatable bonds is 6. The first-order valence-corrected chi connectivity index (χ1v) is 5.25. The molecule has 1 aromatic rings. The molecule has 0 unspecified atom stereocenters. The van der Waals surface area contributed by atoms with Gasteiger partial charge in [0, 0.05) is 13.0 Å². The van der Waals surface area contributed by atoms with Gasteiger partial charge in [-0.2, -0.15) is 0 Å². The second kappa shape index (κ2) is 5.73. The zero-order valence-electron chi connectivity index (χ0n) is 8.66. The number of hydrogen-bond donors (Lipinski definition) is 0. The van der Waals surface area contributed by atoms with Crippen molar-refractivity contribution in [1.29, 1.82) is 0 Å². The summed E-state index contributed by atoms with van der Waals surface area (Å²) in [5.41, 5.74) is 0. The van der Waals surface area contributed by atoms with E-state index >= 15 is 0 Å². The van der Waals surface area contributed by atoms with Gasteiger partial charge in [0.2, 0.25) is 0 Å². The lowest BCUT2D eigenvalue weighted by atomic mass is 10.2. The third-order valence-corrected chi connectivity index (χ3v) is 2.16. The molecule has 0 atom stereocenters. The van der Waals surface area contributed by atoms with E-state index in [4.69, 9.17) is 0 Å². The van der Waals surface area contributed by atoms with Gasteiger partial charge in [0.15, 0.2) is 0 Å². The average Bonchev–Trinajstić information content (AvgIpc) is 2.54. The maximum atomic E-state index is 4.12. The fourth-order valence-corrected chi connectivity index (χ4v) is 1.43. The van der Waals surface area contributed by atoms with E-state index in [9.17, 15) is 0 Å². The van der Waals surface area contributed by atoms with E-state index < -0.39 is 0 Å². The lowest BCUT2D eigenvalue weighted by Gasteiger charge is -2.03. The van der Waals surface area contributed by atoms with Gasteiger partial charge in [0.05, 0.1) is 0 Å². The number of aromatic nitrogens is 3. The first-order chi connectivity index (χ1) is 6.38. The van der Waals surface area contributed by atoms with Crippen LogP contribution in [0.3, 0.4) is 0 Å². The molecule has 0 saturated heterocycles. The fraction of sp³-hybridized carbons (Fsp3) is 0.800. The standard InChI is InChI=1S/C10H19N3/c1-3-5-6-7-10-12-11-9-13(10)8-4-2/h9H,3-8H2,1-2H3. The van der Waals surface area contributed by atoms with Crippen molar-refractivity contribution in [2.24, 2.45) is 0 Å². The number of nitrogens with zero attached hydrogens (tertiary/aromatic N) is 3. The Morgan fingerprint density at radius 1 is 1.23 bits per heavy atom. The molecule has 1 aromatic heterocycles. The first kappa shape index (κ1) is 10.2. The summed E-state index contributed by atoms with van der Waals surface area (Å²) in [5.74, 6) is 1.15. The van der Waals surface area contributed by atoms with E-state index in [0.29, 0.717) is 0 Å². The van der Waals surface area contributed by atoms with Crippen LogP contribution < -0.4 is 0 Å². The van der Waals surface area contributed by atoms with Crippen LogP contribution in [0, 0.1) is 0 Å². The van der Waals surface area contributed by atoms with Gasteiger partial charge in [-0.25, -0.2) is 0 Å². The molecule has 0 bridgehead atoms. The van der Waals surface area contributed by atoms with Gasteiger partial charge in [-0.3, -0.25) is 0 Å². The minimum absolute atomic E-state index is 1.05. The molecular formula is C10H19N3. The summed E-state index contributed by atoms with van der Waals surface area (Å²) < 4.78 is 2.16. The molecule has 0 radical (unpaired) electrons. The quantitative estimate of drug-likeness (QED) is 0.631. The van der Waals surface area contributed by atoms with Crippen molar-refractivity contribution in [1.82, 2.24) is 14.8 Å². The van der Waals surface area contributed by atoms with Gasteiger partial charge in [-0.15, -0.1) is 10.2 Å². The Bertz CT molecular complexity index is 230. The van der Waals surface area contributed by atoms with E-state index in [-0.39, 0.29) is 0 Å². The molecule has 0 spiro atoms. The van der Waals surface area contributed by atoms with E-state index in [1.807, 2.05) is 6.33 Å². The molecule has 0 saturated carbocycles. The van der Waals surface area contributed by atoms with Crippen molar-refractivity contribution in [3.05, 3.63) is 12.2 Å². The largest absolute Gasteiger partial charge is 0.318 e. The van der Waals surface area contributed by atoms with Crippen LogP contribution in [0.4, 0.5) is 0 Å². The molecule has 0 N–H and O–H groups in total. The summed E-state index contributed by atoms with van der Waals surface area (Å²) in [7, 11) is 0. The predicted molar refractivity (Wildman–Crippen MR) is 53.5 cm³/mol. The lowest BCUT2D eigenvalue weighted by Crippen LogP contribution is -2.02. The van der Waals surface area contributed by atoms with Crippen molar-refractivity contribution < 1.29 is 0 Å². The highest BCUT2D eigenvalue weighted by Crippen LogP contribution is 2.04. The molecule has 13 heavy (non-hydrogen) atoms. The topological polar surface area (TPSA) is 30.7 Å². The lowest BCUT2D eigenvalue weighted by molar-refractivity contribution is 0.609. The van der Waals surface area contributed by atoms with E-state index in [1.165, 1.54) is 19.3 Å². The summed E-state index contributed by atoms with van der Waals surface area (Å²) in [6, 6.07) is 0. The second-order valence-electron chi connectivity index (χ2n) is 3.40. The second-order valence-corrected chi connectivity index (χ2v) is 3.40. The third kappa shape index (κ3) is 3.17. The molecule has 74 valence electrons. The average molecular weight is 181 g/mol. The van der Waals surface area contributed by atoms with E-state index in [1.54, 1.807) is 0 Å². The first-order valence-electron chi connectivity index (χ1n) is 5.25. The minimum atomic E-state index is 1.05. The van der Waals surface area contributed by atoms with Gasteiger partial charge in [-0.1, -0.05) is 26.7 Å². The highest BCUT2D eigenvalue weighted by molar-refractivity contribution is 4.85. The normalized spacial score (nSPS) is 10.6. The van der Waals surface area contributed by atoms with Crippen LogP contribution in [-0.2, 0) is 13.0 Å². The SMILES string of the molecule is CCCCCc1nncn1CCC. The molecular weight excluding hydrogens is 162 g/mol. The van der Waals surface area contributed by atoms with Crippen LogP contribution in [0.1, 0.15) is 45.4 Å². The van der Waals surface area contributed by atoms with Crippen molar-refractivity contribution in [3.8, 4) is 0 Å². The Hall–Kier alpha value is -0.860. The zero-order chi connectivity index (χ0) is 9.52. The molecule has 3 heteroatoms. The summed E-state index contributed by atoms with van der Waals surface area (Å²) >= 11 is 0. The van der Waals surface area contributed by atoms with Gasteiger partial charge in [0.25, 0.3) is 0 Å². The van der Waals surface area contributed by atoms with Crippen LogP contribution >= 0.6 is 0 Å². The maximum Gasteiger partial charge on any atom is 0.132 e. The fourth-order valence-electron chi connectivity index (χ4n) is 1.43. The number of unbranched alkanes of at least 4 members (excludes halogenated alkanes) is 2. The molecule has 3 nitrogen and oxygen atoms in total. The van der Waals surface area contributed by atoms with Crippen LogP contribution in [-0.4, -0.2) is 14.8 Å². The minimum Gasteiger partial charge on any atom is -0.318 e. The summed E-state index contributed by atoms with van der Waals surface area (Å²) in [6.45, 7) is 5.45. The molecule has 1 rings (SSSR count). The van der Waals surface area contributed by atoms with Crippen LogP contribution in [0.5, 0.6) is 0 Å². The Labute approximate surface area is 80.2 Å². The van der Waals surface area contributed by atoms with Crippen molar-refractivity contribution >= 4 is 0 Å². The van der Waals surface area contributed by atoms with Crippen molar-refractivity contribution in [3.63, 3.8) is 0 Å². The maximum absolute atomic E-state index is 4.12. The van der Waals surface area contributed by atoms with E-state index in [2.05, 4.69) is 28.6 Å². The molecule has 0 aliphatic heterocycles. The Morgan fingerprint density at radius 2 is 2.08 bits per heavy atom. The smallest absolute Gasteiger partial charge is 0.132 e. The molecule has 0 aliphatic rings. The Morgan fingerprint density at radius 3 is 2.77 bits per heavy atom. The van der Waals surface area contributed by atoms with Gasteiger partial charge in [0.1, 0.15) is 12.2 Å². The summed E-state index contributed by atoms with van der Waals surface area (Å²) in [6.07, 6.45) is 7.86. The Balaban J connectivity index is 2.40. The molecule has 0 fully saturated rings. The van der Waals surface area contributed by atoms with Gasteiger partial charge >= 0.3 is 0 Å². The predicted octanol–water partition coefficient (Wildman–Crippen LogP) is 2.42. The molecule has 1 heterocycles. The van der Waals surface area contributed by atoms with Crippen molar-refractivity contribution in [2.75, 3.05) is 0 Å². The Kier molecular flexibility index (Phi) is 4.50.